The number of allylic oxidation sites excluding steroid dienone is 3. The molecular weight excluding hydrogens is 196 g/mol. The molecule has 1 aliphatic rings. The summed E-state index contributed by atoms with van der Waals surface area (Å²) in [6.45, 7) is 13.6. The lowest BCUT2D eigenvalue weighted by Crippen LogP contribution is -2.55. The van der Waals surface area contributed by atoms with Crippen molar-refractivity contribution in [1.82, 2.24) is 10.2 Å². The van der Waals surface area contributed by atoms with Gasteiger partial charge in [0.25, 0.3) is 0 Å². The summed E-state index contributed by atoms with van der Waals surface area (Å²) >= 11 is 0. The van der Waals surface area contributed by atoms with Crippen LogP contribution in [-0.4, -0.2) is 36.6 Å². The molecule has 90 valence electrons. The molecule has 0 amide bonds. The molecule has 2 nitrogen and oxygen atoms in total. The first-order valence-corrected chi connectivity index (χ1v) is 6.09. The molecule has 0 spiro atoms. The molecule has 1 rings (SSSR count). The highest BCUT2D eigenvalue weighted by atomic mass is 15.2. The Kier molecular flexibility index (Phi) is 5.50. The van der Waals surface area contributed by atoms with Crippen LogP contribution in [0.1, 0.15) is 20.8 Å². The first-order valence-electron chi connectivity index (χ1n) is 6.09. The van der Waals surface area contributed by atoms with Crippen molar-refractivity contribution in [1.29, 1.82) is 0 Å². The fourth-order valence-corrected chi connectivity index (χ4v) is 2.10. The highest BCUT2D eigenvalue weighted by molar-refractivity contribution is 5.23. The highest BCUT2D eigenvalue weighted by Gasteiger charge is 2.24. The minimum Gasteiger partial charge on any atom is -0.314 e. The van der Waals surface area contributed by atoms with E-state index in [0.29, 0.717) is 12.1 Å². The fourth-order valence-electron chi connectivity index (χ4n) is 2.10. The molecule has 1 heterocycles. The second-order valence-electron chi connectivity index (χ2n) is 4.50. The monoisotopic (exact) mass is 220 g/mol. The van der Waals surface area contributed by atoms with E-state index in [4.69, 9.17) is 0 Å². The number of hydrogen-bond donors (Lipinski definition) is 1. The Morgan fingerprint density at radius 2 is 2.00 bits per heavy atom. The van der Waals surface area contributed by atoms with Gasteiger partial charge in [0.05, 0.1) is 0 Å². The van der Waals surface area contributed by atoms with Crippen molar-refractivity contribution < 1.29 is 0 Å². The Balaban J connectivity index is 2.65. The third-order valence-electron chi connectivity index (χ3n) is 3.14. The number of nitrogens with one attached hydrogen (secondary N) is 1. The van der Waals surface area contributed by atoms with Crippen LogP contribution in [0.3, 0.4) is 0 Å². The SMILES string of the molecule is C=C/C(=C\C=C/C)CN1C(C)CNCC1C. The normalized spacial score (nSPS) is 28.6. The van der Waals surface area contributed by atoms with Gasteiger partial charge in [-0.2, -0.15) is 0 Å². The summed E-state index contributed by atoms with van der Waals surface area (Å²) in [7, 11) is 0. The minimum atomic E-state index is 0.595. The zero-order valence-corrected chi connectivity index (χ0v) is 10.7. The van der Waals surface area contributed by atoms with Gasteiger partial charge >= 0.3 is 0 Å². The van der Waals surface area contributed by atoms with Crippen molar-refractivity contribution in [2.24, 2.45) is 0 Å². The van der Waals surface area contributed by atoms with Crippen LogP contribution in [0.2, 0.25) is 0 Å². The van der Waals surface area contributed by atoms with Crippen molar-refractivity contribution >= 4 is 0 Å². The molecule has 0 aliphatic carbocycles. The molecule has 0 aromatic rings. The van der Waals surface area contributed by atoms with E-state index in [1.165, 1.54) is 5.57 Å². The quantitative estimate of drug-likeness (QED) is 0.732. The van der Waals surface area contributed by atoms with Crippen LogP contribution in [0, 0.1) is 0 Å². The van der Waals surface area contributed by atoms with E-state index in [1.807, 2.05) is 19.1 Å². The number of rotatable bonds is 4. The summed E-state index contributed by atoms with van der Waals surface area (Å²) in [6.07, 6.45) is 8.23. The van der Waals surface area contributed by atoms with E-state index in [0.717, 1.165) is 19.6 Å². The molecule has 1 saturated heterocycles. The van der Waals surface area contributed by atoms with E-state index in [9.17, 15) is 0 Å². The number of hydrogen-bond acceptors (Lipinski definition) is 2. The predicted octanol–water partition coefficient (Wildman–Crippen LogP) is 2.36. The fraction of sp³-hybridized carbons (Fsp3) is 0.571. The molecule has 1 aliphatic heterocycles. The van der Waals surface area contributed by atoms with Crippen LogP contribution in [-0.2, 0) is 0 Å². The van der Waals surface area contributed by atoms with Gasteiger partial charge in [0.15, 0.2) is 0 Å². The Hall–Kier alpha value is -0.860. The second-order valence-corrected chi connectivity index (χ2v) is 4.50. The lowest BCUT2D eigenvalue weighted by Gasteiger charge is -2.39. The van der Waals surface area contributed by atoms with Crippen molar-refractivity contribution in [2.45, 2.75) is 32.9 Å². The van der Waals surface area contributed by atoms with Gasteiger partial charge in [0, 0.05) is 31.7 Å². The average molecular weight is 220 g/mol. The van der Waals surface area contributed by atoms with Crippen LogP contribution < -0.4 is 5.32 Å². The summed E-state index contributed by atoms with van der Waals surface area (Å²) in [5.41, 5.74) is 1.29. The summed E-state index contributed by atoms with van der Waals surface area (Å²) in [5.74, 6) is 0. The molecule has 0 saturated carbocycles. The zero-order valence-electron chi connectivity index (χ0n) is 10.7. The van der Waals surface area contributed by atoms with Gasteiger partial charge < -0.3 is 5.32 Å². The first kappa shape index (κ1) is 13.2. The molecule has 1 fully saturated rings. The summed E-state index contributed by atoms with van der Waals surface area (Å²) < 4.78 is 0. The molecule has 2 atom stereocenters. The molecule has 0 aromatic carbocycles. The lowest BCUT2D eigenvalue weighted by atomic mass is 10.1. The van der Waals surface area contributed by atoms with Gasteiger partial charge in [0.2, 0.25) is 0 Å². The summed E-state index contributed by atoms with van der Waals surface area (Å²) in [5, 5.41) is 3.45. The molecule has 16 heavy (non-hydrogen) atoms. The average Bonchev–Trinajstić information content (AvgIpc) is 2.28. The molecule has 2 unspecified atom stereocenters. The first-order chi connectivity index (χ1) is 7.69. The van der Waals surface area contributed by atoms with E-state index < -0.39 is 0 Å². The molecular formula is C14H24N2. The van der Waals surface area contributed by atoms with Crippen LogP contribution in [0.5, 0.6) is 0 Å². The third kappa shape index (κ3) is 3.62. The molecule has 0 aromatic heterocycles. The summed E-state index contributed by atoms with van der Waals surface area (Å²) in [4.78, 5) is 2.54. The summed E-state index contributed by atoms with van der Waals surface area (Å²) in [6, 6.07) is 1.19. The van der Waals surface area contributed by atoms with Gasteiger partial charge in [-0.15, -0.1) is 0 Å². The Labute approximate surface area is 99.7 Å². The minimum absolute atomic E-state index is 0.595. The van der Waals surface area contributed by atoms with Crippen molar-refractivity contribution in [3.63, 3.8) is 0 Å². The molecule has 0 radical (unpaired) electrons. The zero-order chi connectivity index (χ0) is 12.0. The van der Waals surface area contributed by atoms with Gasteiger partial charge in [-0.1, -0.05) is 30.9 Å². The van der Waals surface area contributed by atoms with Gasteiger partial charge in [-0.25, -0.2) is 0 Å². The third-order valence-corrected chi connectivity index (χ3v) is 3.14. The maximum Gasteiger partial charge on any atom is 0.0240 e. The van der Waals surface area contributed by atoms with Crippen molar-refractivity contribution in [3.05, 3.63) is 36.5 Å². The van der Waals surface area contributed by atoms with Crippen molar-refractivity contribution in [2.75, 3.05) is 19.6 Å². The molecule has 2 heteroatoms. The van der Waals surface area contributed by atoms with E-state index in [2.05, 4.69) is 42.8 Å². The van der Waals surface area contributed by atoms with E-state index in [-0.39, 0.29) is 0 Å². The molecule has 1 N–H and O–H groups in total. The molecule has 0 bridgehead atoms. The maximum atomic E-state index is 3.89. The largest absolute Gasteiger partial charge is 0.314 e. The van der Waals surface area contributed by atoms with Crippen LogP contribution in [0.4, 0.5) is 0 Å². The predicted molar refractivity (Wildman–Crippen MR) is 71.6 cm³/mol. The smallest absolute Gasteiger partial charge is 0.0240 e. The Morgan fingerprint density at radius 1 is 1.38 bits per heavy atom. The maximum absolute atomic E-state index is 3.89. The second kappa shape index (κ2) is 6.66. The van der Waals surface area contributed by atoms with Gasteiger partial charge in [-0.05, 0) is 26.3 Å². The van der Waals surface area contributed by atoms with E-state index >= 15 is 0 Å². The Morgan fingerprint density at radius 3 is 2.50 bits per heavy atom. The van der Waals surface area contributed by atoms with Gasteiger partial charge in [0.1, 0.15) is 0 Å². The Bertz CT molecular complexity index is 268. The number of nitrogens with zero attached hydrogens (tertiary/aromatic N) is 1. The van der Waals surface area contributed by atoms with Crippen LogP contribution in [0.25, 0.3) is 0 Å². The topological polar surface area (TPSA) is 15.3 Å². The van der Waals surface area contributed by atoms with Crippen LogP contribution in [0.15, 0.2) is 36.5 Å². The standard InChI is InChI=1S/C14H24N2/c1-5-7-8-14(6-2)11-16-12(3)9-15-10-13(16)4/h5-8,12-13,15H,2,9-11H2,1,3-4H3/b7-5-,14-8+. The van der Waals surface area contributed by atoms with E-state index in [1.54, 1.807) is 0 Å². The van der Waals surface area contributed by atoms with Gasteiger partial charge in [-0.3, -0.25) is 4.90 Å². The lowest BCUT2D eigenvalue weighted by molar-refractivity contribution is 0.130. The number of piperazine rings is 1. The van der Waals surface area contributed by atoms with Crippen LogP contribution >= 0.6 is 0 Å². The highest BCUT2D eigenvalue weighted by Crippen LogP contribution is 2.12. The van der Waals surface area contributed by atoms with Crippen molar-refractivity contribution in [3.8, 4) is 0 Å².